The Morgan fingerprint density at radius 2 is 1.78 bits per heavy atom. The molecule has 3 heterocycles. The van der Waals surface area contributed by atoms with Crippen LogP contribution < -0.4 is 0 Å². The second-order valence-corrected chi connectivity index (χ2v) is 8.05. The minimum Gasteiger partial charge on any atom is -0.300 e. The first-order valence-corrected chi connectivity index (χ1v) is 9.69. The highest BCUT2D eigenvalue weighted by atomic mass is 15.3. The molecule has 4 nitrogen and oxygen atoms in total. The van der Waals surface area contributed by atoms with Crippen molar-refractivity contribution < 1.29 is 0 Å². The van der Waals surface area contributed by atoms with Gasteiger partial charge in [-0.25, -0.2) is 0 Å². The first kappa shape index (κ1) is 15.6. The molecule has 0 N–H and O–H groups in total. The number of aryl methyl sites for hydroxylation is 1. The second-order valence-electron chi connectivity index (χ2n) is 8.05. The quantitative estimate of drug-likeness (QED) is 0.834. The zero-order chi connectivity index (χ0) is 15.8. The fourth-order valence-electron chi connectivity index (χ4n) is 4.78. The van der Waals surface area contributed by atoms with Gasteiger partial charge in [0.15, 0.2) is 0 Å². The van der Waals surface area contributed by atoms with E-state index in [0.717, 1.165) is 24.4 Å². The van der Waals surface area contributed by atoms with Gasteiger partial charge in [0, 0.05) is 36.8 Å². The average molecular weight is 316 g/mol. The summed E-state index contributed by atoms with van der Waals surface area (Å²) in [6, 6.07) is 0.792. The third-order valence-electron chi connectivity index (χ3n) is 6.45. The Balaban J connectivity index is 1.31. The molecule has 1 saturated carbocycles. The molecule has 0 bridgehead atoms. The van der Waals surface area contributed by atoms with Gasteiger partial charge < -0.3 is 4.90 Å². The second kappa shape index (κ2) is 6.56. The number of piperidine rings is 1. The molecule has 4 rings (SSSR count). The van der Waals surface area contributed by atoms with Crippen molar-refractivity contribution in [2.75, 3.05) is 26.2 Å². The molecule has 1 aromatic rings. The van der Waals surface area contributed by atoms with E-state index < -0.39 is 0 Å². The third-order valence-corrected chi connectivity index (χ3v) is 6.45. The van der Waals surface area contributed by atoms with E-state index in [0.29, 0.717) is 0 Å². The van der Waals surface area contributed by atoms with Crippen LogP contribution in [0.15, 0.2) is 6.20 Å². The lowest BCUT2D eigenvalue weighted by Crippen LogP contribution is -2.43. The SMILES string of the molecule is C[C@@H](C1CCN(Cc2cnn(C)c2C2CC2)CC1)N1CCCC1. The molecule has 0 aromatic carbocycles. The maximum absolute atomic E-state index is 4.52. The molecule has 2 aliphatic heterocycles. The summed E-state index contributed by atoms with van der Waals surface area (Å²) in [5.41, 5.74) is 3.00. The maximum Gasteiger partial charge on any atom is 0.0537 e. The predicted molar refractivity (Wildman–Crippen MR) is 93.5 cm³/mol. The van der Waals surface area contributed by atoms with Gasteiger partial charge in [-0.15, -0.1) is 0 Å². The van der Waals surface area contributed by atoms with E-state index in [2.05, 4.69) is 39.7 Å². The van der Waals surface area contributed by atoms with Crippen LogP contribution >= 0.6 is 0 Å². The molecule has 0 radical (unpaired) electrons. The van der Waals surface area contributed by atoms with Crippen molar-refractivity contribution in [3.63, 3.8) is 0 Å². The van der Waals surface area contributed by atoms with E-state index in [1.807, 2.05) is 0 Å². The van der Waals surface area contributed by atoms with Crippen LogP contribution in [-0.4, -0.2) is 51.8 Å². The van der Waals surface area contributed by atoms with Crippen molar-refractivity contribution in [1.82, 2.24) is 19.6 Å². The minimum absolute atomic E-state index is 0.792. The van der Waals surface area contributed by atoms with E-state index in [4.69, 9.17) is 0 Å². The van der Waals surface area contributed by atoms with Crippen molar-refractivity contribution in [2.45, 2.75) is 64.0 Å². The van der Waals surface area contributed by atoms with Gasteiger partial charge in [-0.1, -0.05) is 0 Å². The molecule has 3 fully saturated rings. The van der Waals surface area contributed by atoms with Crippen LogP contribution in [-0.2, 0) is 13.6 Å². The van der Waals surface area contributed by atoms with Gasteiger partial charge >= 0.3 is 0 Å². The van der Waals surface area contributed by atoms with Crippen molar-refractivity contribution in [3.8, 4) is 0 Å². The van der Waals surface area contributed by atoms with Gasteiger partial charge in [0.1, 0.15) is 0 Å². The van der Waals surface area contributed by atoms with Gasteiger partial charge in [0.25, 0.3) is 0 Å². The van der Waals surface area contributed by atoms with Crippen LogP contribution in [0.5, 0.6) is 0 Å². The van der Waals surface area contributed by atoms with Crippen LogP contribution in [0, 0.1) is 5.92 Å². The number of hydrogen-bond donors (Lipinski definition) is 0. The Morgan fingerprint density at radius 1 is 1.09 bits per heavy atom. The molecule has 1 aromatic heterocycles. The predicted octanol–water partition coefficient (Wildman–Crippen LogP) is 2.99. The van der Waals surface area contributed by atoms with Crippen LogP contribution in [0.2, 0.25) is 0 Å². The normalized spacial score (nSPS) is 26.0. The number of hydrogen-bond acceptors (Lipinski definition) is 3. The van der Waals surface area contributed by atoms with E-state index in [9.17, 15) is 0 Å². The molecule has 23 heavy (non-hydrogen) atoms. The van der Waals surface area contributed by atoms with Crippen molar-refractivity contribution >= 4 is 0 Å². The summed E-state index contributed by atoms with van der Waals surface area (Å²) in [5.74, 6) is 1.70. The summed E-state index contributed by atoms with van der Waals surface area (Å²) < 4.78 is 2.12. The van der Waals surface area contributed by atoms with Gasteiger partial charge in [-0.3, -0.25) is 9.58 Å². The van der Waals surface area contributed by atoms with Crippen molar-refractivity contribution in [1.29, 1.82) is 0 Å². The lowest BCUT2D eigenvalue weighted by Gasteiger charge is -2.38. The van der Waals surface area contributed by atoms with Crippen LogP contribution in [0.3, 0.4) is 0 Å². The third kappa shape index (κ3) is 3.34. The molecule has 3 aliphatic rings. The molecular weight excluding hydrogens is 284 g/mol. The number of nitrogens with zero attached hydrogens (tertiary/aromatic N) is 4. The molecule has 1 atom stereocenters. The van der Waals surface area contributed by atoms with Crippen molar-refractivity contribution in [3.05, 3.63) is 17.5 Å². The molecular formula is C19H32N4. The Hall–Kier alpha value is -0.870. The molecule has 0 amide bonds. The van der Waals surface area contributed by atoms with E-state index in [1.165, 1.54) is 76.0 Å². The van der Waals surface area contributed by atoms with E-state index >= 15 is 0 Å². The monoisotopic (exact) mass is 316 g/mol. The van der Waals surface area contributed by atoms with Crippen LogP contribution in [0.4, 0.5) is 0 Å². The largest absolute Gasteiger partial charge is 0.300 e. The Labute approximate surface area is 140 Å². The molecule has 1 aliphatic carbocycles. The lowest BCUT2D eigenvalue weighted by molar-refractivity contribution is 0.107. The first-order valence-electron chi connectivity index (χ1n) is 9.69. The zero-order valence-corrected chi connectivity index (χ0v) is 14.9. The van der Waals surface area contributed by atoms with Gasteiger partial charge in [0.2, 0.25) is 0 Å². The fraction of sp³-hybridized carbons (Fsp3) is 0.842. The van der Waals surface area contributed by atoms with Gasteiger partial charge in [-0.05, 0) is 77.5 Å². The summed E-state index contributed by atoms with van der Waals surface area (Å²) in [6.07, 6.45) is 10.4. The highest BCUT2D eigenvalue weighted by Gasteiger charge is 2.32. The Kier molecular flexibility index (Phi) is 4.46. The summed E-state index contributed by atoms with van der Waals surface area (Å²) in [4.78, 5) is 5.39. The van der Waals surface area contributed by atoms with Gasteiger partial charge in [-0.2, -0.15) is 5.10 Å². The average Bonchev–Trinajstić information content (AvgIpc) is 3.11. The number of likely N-dealkylation sites (tertiary alicyclic amines) is 2. The first-order chi connectivity index (χ1) is 11.2. The van der Waals surface area contributed by atoms with Gasteiger partial charge in [0.05, 0.1) is 6.20 Å². The fourth-order valence-corrected chi connectivity index (χ4v) is 4.78. The molecule has 0 spiro atoms. The Bertz CT molecular complexity index is 519. The molecule has 0 unspecified atom stereocenters. The highest BCUT2D eigenvalue weighted by Crippen LogP contribution is 2.41. The van der Waals surface area contributed by atoms with Crippen LogP contribution in [0.1, 0.15) is 62.6 Å². The highest BCUT2D eigenvalue weighted by molar-refractivity contribution is 5.25. The van der Waals surface area contributed by atoms with Crippen molar-refractivity contribution in [2.24, 2.45) is 13.0 Å². The standard InChI is InChI=1S/C19H32N4/c1-15(23-9-3-4-10-23)16-7-11-22(12-8-16)14-18-13-20-21(2)19(18)17-5-6-17/h13,15-17H,3-12,14H2,1-2H3/t15-/m0/s1. The number of aromatic nitrogens is 2. The van der Waals surface area contributed by atoms with E-state index in [-0.39, 0.29) is 0 Å². The maximum atomic E-state index is 4.52. The molecule has 128 valence electrons. The summed E-state index contributed by atoms with van der Waals surface area (Å²) in [6.45, 7) is 8.79. The smallest absolute Gasteiger partial charge is 0.0537 e. The minimum atomic E-state index is 0.792. The topological polar surface area (TPSA) is 24.3 Å². The van der Waals surface area contributed by atoms with Crippen LogP contribution in [0.25, 0.3) is 0 Å². The zero-order valence-electron chi connectivity index (χ0n) is 14.9. The molecule has 2 saturated heterocycles. The summed E-state index contributed by atoms with van der Waals surface area (Å²) in [7, 11) is 2.11. The molecule has 4 heteroatoms. The summed E-state index contributed by atoms with van der Waals surface area (Å²) in [5, 5.41) is 4.52. The lowest BCUT2D eigenvalue weighted by atomic mass is 9.89. The summed E-state index contributed by atoms with van der Waals surface area (Å²) >= 11 is 0. The number of rotatable bonds is 5. The van der Waals surface area contributed by atoms with E-state index in [1.54, 1.807) is 0 Å². The Morgan fingerprint density at radius 3 is 2.43 bits per heavy atom.